The lowest BCUT2D eigenvalue weighted by Gasteiger charge is -2.24. The van der Waals surface area contributed by atoms with E-state index in [0.29, 0.717) is 15.7 Å². The number of anilines is 1. The summed E-state index contributed by atoms with van der Waals surface area (Å²) >= 11 is 11.8. The SMILES string of the molecule is CC(C)(C)C(=O)NCCN(c1cc(Cl)cc(Cl)c1)S(C)(=O)=O. The van der Waals surface area contributed by atoms with E-state index in [4.69, 9.17) is 23.2 Å². The zero-order valence-corrected chi connectivity index (χ0v) is 15.3. The Bertz CT molecular complexity index is 634. The first-order valence-corrected chi connectivity index (χ1v) is 9.24. The standard InChI is InChI=1S/C14H20Cl2N2O3S/c1-14(2,3)13(19)17-5-6-18(22(4,20)21)12-8-10(15)7-11(16)9-12/h7-9H,5-6H2,1-4H3,(H,17,19). The summed E-state index contributed by atoms with van der Waals surface area (Å²) in [5.74, 6) is -0.148. The molecule has 0 aliphatic carbocycles. The van der Waals surface area contributed by atoms with E-state index < -0.39 is 15.4 Å². The van der Waals surface area contributed by atoms with E-state index in [0.717, 1.165) is 10.6 Å². The van der Waals surface area contributed by atoms with Crippen LogP contribution < -0.4 is 9.62 Å². The lowest BCUT2D eigenvalue weighted by atomic mass is 9.96. The van der Waals surface area contributed by atoms with Crippen LogP contribution in [0.4, 0.5) is 5.69 Å². The van der Waals surface area contributed by atoms with Crippen molar-refractivity contribution in [3.8, 4) is 0 Å². The fourth-order valence-corrected chi connectivity index (χ4v) is 3.13. The molecule has 5 nitrogen and oxygen atoms in total. The highest BCUT2D eigenvalue weighted by Crippen LogP contribution is 2.26. The lowest BCUT2D eigenvalue weighted by Crippen LogP contribution is -2.41. The Morgan fingerprint density at radius 3 is 2.09 bits per heavy atom. The minimum Gasteiger partial charge on any atom is -0.354 e. The molecule has 0 radical (unpaired) electrons. The number of halogens is 2. The van der Waals surface area contributed by atoms with Crippen LogP contribution in [0.2, 0.25) is 10.0 Å². The van der Waals surface area contributed by atoms with Gasteiger partial charge in [0.2, 0.25) is 15.9 Å². The third-order valence-corrected chi connectivity index (χ3v) is 4.45. The molecular weight excluding hydrogens is 347 g/mol. The maximum atomic E-state index is 12.0. The number of amides is 1. The molecule has 0 unspecified atom stereocenters. The molecule has 0 spiro atoms. The van der Waals surface area contributed by atoms with Gasteiger partial charge in [0.25, 0.3) is 0 Å². The minimum atomic E-state index is -3.52. The van der Waals surface area contributed by atoms with Crippen LogP contribution in [0.15, 0.2) is 18.2 Å². The second kappa shape index (κ2) is 7.06. The highest BCUT2D eigenvalue weighted by atomic mass is 35.5. The first-order valence-electron chi connectivity index (χ1n) is 6.63. The van der Waals surface area contributed by atoms with Crippen LogP contribution in [-0.4, -0.2) is 33.7 Å². The Labute approximate surface area is 141 Å². The van der Waals surface area contributed by atoms with Crippen LogP contribution in [0.25, 0.3) is 0 Å². The predicted molar refractivity (Wildman–Crippen MR) is 91.1 cm³/mol. The van der Waals surface area contributed by atoms with Crippen LogP contribution in [0.1, 0.15) is 20.8 Å². The summed E-state index contributed by atoms with van der Waals surface area (Å²) in [4.78, 5) is 11.8. The minimum absolute atomic E-state index is 0.0946. The number of hydrogen-bond acceptors (Lipinski definition) is 3. The Morgan fingerprint density at radius 1 is 1.18 bits per heavy atom. The largest absolute Gasteiger partial charge is 0.354 e. The number of carbonyl (C=O) groups is 1. The van der Waals surface area contributed by atoms with Crippen molar-refractivity contribution < 1.29 is 13.2 Å². The fourth-order valence-electron chi connectivity index (χ4n) is 1.71. The Balaban J connectivity index is 2.90. The van der Waals surface area contributed by atoms with E-state index in [9.17, 15) is 13.2 Å². The van der Waals surface area contributed by atoms with E-state index >= 15 is 0 Å². The van der Waals surface area contributed by atoms with Gasteiger partial charge in [-0.1, -0.05) is 44.0 Å². The third-order valence-electron chi connectivity index (χ3n) is 2.82. The predicted octanol–water partition coefficient (Wildman–Crippen LogP) is 2.92. The van der Waals surface area contributed by atoms with E-state index in [2.05, 4.69) is 5.32 Å². The van der Waals surface area contributed by atoms with Crippen LogP contribution in [0.5, 0.6) is 0 Å². The fraction of sp³-hybridized carbons (Fsp3) is 0.500. The average Bonchev–Trinajstić information content (AvgIpc) is 2.29. The highest BCUT2D eigenvalue weighted by Gasteiger charge is 2.22. The van der Waals surface area contributed by atoms with Crippen LogP contribution in [-0.2, 0) is 14.8 Å². The number of nitrogens with zero attached hydrogens (tertiary/aromatic N) is 1. The molecule has 0 aliphatic heterocycles. The van der Waals surface area contributed by atoms with E-state index in [1.807, 2.05) is 0 Å². The quantitative estimate of drug-likeness (QED) is 0.870. The molecule has 1 aromatic rings. The molecular formula is C14H20Cl2N2O3S. The molecule has 0 saturated carbocycles. The highest BCUT2D eigenvalue weighted by molar-refractivity contribution is 7.92. The Kier molecular flexibility index (Phi) is 6.12. The topological polar surface area (TPSA) is 66.5 Å². The summed E-state index contributed by atoms with van der Waals surface area (Å²) in [5.41, 5.74) is -0.167. The van der Waals surface area contributed by atoms with Gasteiger partial charge in [0.1, 0.15) is 0 Å². The monoisotopic (exact) mass is 366 g/mol. The van der Waals surface area contributed by atoms with Crippen molar-refractivity contribution in [3.05, 3.63) is 28.2 Å². The summed E-state index contributed by atoms with van der Waals surface area (Å²) in [6, 6.07) is 4.55. The molecule has 0 aromatic heterocycles. The third kappa shape index (κ3) is 5.66. The summed E-state index contributed by atoms with van der Waals surface area (Å²) < 4.78 is 25.1. The molecule has 0 heterocycles. The van der Waals surface area contributed by atoms with Crippen molar-refractivity contribution in [2.24, 2.45) is 5.41 Å². The average molecular weight is 367 g/mol. The number of benzene rings is 1. The van der Waals surface area contributed by atoms with E-state index in [-0.39, 0.29) is 19.0 Å². The molecule has 8 heteroatoms. The van der Waals surface area contributed by atoms with Gasteiger partial charge >= 0.3 is 0 Å². The first kappa shape index (κ1) is 19.1. The van der Waals surface area contributed by atoms with Crippen molar-refractivity contribution in [1.29, 1.82) is 0 Å². The van der Waals surface area contributed by atoms with Gasteiger partial charge in [-0.05, 0) is 18.2 Å². The zero-order chi connectivity index (χ0) is 17.1. The molecule has 124 valence electrons. The van der Waals surface area contributed by atoms with Crippen LogP contribution in [0.3, 0.4) is 0 Å². The molecule has 0 fully saturated rings. The van der Waals surface area contributed by atoms with Gasteiger partial charge in [0.05, 0.1) is 18.5 Å². The molecule has 1 aromatic carbocycles. The molecule has 1 rings (SSSR count). The number of carbonyl (C=O) groups excluding carboxylic acids is 1. The Morgan fingerprint density at radius 2 is 1.68 bits per heavy atom. The van der Waals surface area contributed by atoms with Crippen LogP contribution >= 0.6 is 23.2 Å². The molecule has 1 N–H and O–H groups in total. The normalized spacial score (nSPS) is 12.1. The molecule has 1 amide bonds. The Hall–Kier alpha value is -0.980. The number of sulfonamides is 1. The molecule has 22 heavy (non-hydrogen) atoms. The molecule has 0 saturated heterocycles. The van der Waals surface area contributed by atoms with Gasteiger partial charge in [-0.15, -0.1) is 0 Å². The number of rotatable bonds is 5. The van der Waals surface area contributed by atoms with Gasteiger partial charge in [-0.3, -0.25) is 9.10 Å². The second-order valence-electron chi connectivity index (χ2n) is 5.97. The van der Waals surface area contributed by atoms with Crippen molar-refractivity contribution in [2.75, 3.05) is 23.7 Å². The molecule has 0 aliphatic rings. The van der Waals surface area contributed by atoms with E-state index in [1.165, 1.54) is 18.2 Å². The molecule has 0 bridgehead atoms. The van der Waals surface area contributed by atoms with Gasteiger partial charge in [-0.2, -0.15) is 0 Å². The summed E-state index contributed by atoms with van der Waals surface area (Å²) in [7, 11) is -3.52. The van der Waals surface area contributed by atoms with Gasteiger partial charge in [-0.25, -0.2) is 8.42 Å². The maximum absolute atomic E-state index is 12.0. The van der Waals surface area contributed by atoms with Gasteiger partial charge < -0.3 is 5.32 Å². The van der Waals surface area contributed by atoms with E-state index in [1.54, 1.807) is 20.8 Å². The van der Waals surface area contributed by atoms with Crippen molar-refractivity contribution in [2.45, 2.75) is 20.8 Å². The first-order chi connectivity index (χ1) is 9.91. The number of nitrogens with one attached hydrogen (secondary N) is 1. The van der Waals surface area contributed by atoms with Crippen molar-refractivity contribution in [3.63, 3.8) is 0 Å². The van der Waals surface area contributed by atoms with Gasteiger partial charge in [0, 0.05) is 22.0 Å². The lowest BCUT2D eigenvalue weighted by molar-refractivity contribution is -0.128. The summed E-state index contributed by atoms with van der Waals surface area (Å²) in [6.07, 6.45) is 1.09. The second-order valence-corrected chi connectivity index (χ2v) is 8.75. The smallest absolute Gasteiger partial charge is 0.232 e. The summed E-state index contributed by atoms with van der Waals surface area (Å²) in [5, 5.41) is 3.40. The maximum Gasteiger partial charge on any atom is 0.232 e. The number of hydrogen-bond donors (Lipinski definition) is 1. The van der Waals surface area contributed by atoms with Crippen molar-refractivity contribution in [1.82, 2.24) is 5.32 Å². The molecule has 0 atom stereocenters. The van der Waals surface area contributed by atoms with Crippen LogP contribution in [0, 0.1) is 5.41 Å². The van der Waals surface area contributed by atoms with Gasteiger partial charge in [0.15, 0.2) is 0 Å². The summed E-state index contributed by atoms with van der Waals surface area (Å²) in [6.45, 7) is 5.64. The zero-order valence-electron chi connectivity index (χ0n) is 13.0. The van der Waals surface area contributed by atoms with Crippen molar-refractivity contribution >= 4 is 44.8 Å².